The molecule has 0 bridgehead atoms. The van der Waals surface area contributed by atoms with Crippen molar-refractivity contribution in [3.05, 3.63) is 35.4 Å². The van der Waals surface area contributed by atoms with Gasteiger partial charge in [0.15, 0.2) is 0 Å². The summed E-state index contributed by atoms with van der Waals surface area (Å²) in [6.45, 7) is 5.19. The number of carbonyl (C=O) groups excluding carboxylic acids is 1. The fraction of sp³-hybridized carbons (Fsp3) is 0.562. The molecule has 1 amide bonds. The zero-order valence-corrected chi connectivity index (χ0v) is 12.5. The fourth-order valence-electron chi connectivity index (χ4n) is 2.72. The molecule has 0 aromatic heterocycles. The Morgan fingerprint density at radius 3 is 2.80 bits per heavy atom. The van der Waals surface area contributed by atoms with E-state index >= 15 is 0 Å². The van der Waals surface area contributed by atoms with E-state index in [4.69, 9.17) is 0 Å². The third-order valence-corrected chi connectivity index (χ3v) is 3.90. The molecule has 0 saturated carbocycles. The van der Waals surface area contributed by atoms with Crippen LogP contribution >= 0.6 is 0 Å². The van der Waals surface area contributed by atoms with Gasteiger partial charge in [0.05, 0.1) is 6.54 Å². The number of benzene rings is 1. The summed E-state index contributed by atoms with van der Waals surface area (Å²) in [5.41, 5.74) is 2.39. The van der Waals surface area contributed by atoms with Crippen LogP contribution in [-0.4, -0.2) is 43.5 Å². The maximum Gasteiger partial charge on any atom is 0.234 e. The minimum Gasteiger partial charge on any atom is -0.351 e. The molecule has 4 nitrogen and oxygen atoms in total. The largest absolute Gasteiger partial charge is 0.351 e. The quantitative estimate of drug-likeness (QED) is 0.822. The highest BCUT2D eigenvalue weighted by Gasteiger charge is 2.25. The third kappa shape index (κ3) is 4.32. The molecular formula is C16H25N3O. The zero-order valence-electron chi connectivity index (χ0n) is 12.5. The monoisotopic (exact) mass is 275 g/mol. The van der Waals surface area contributed by atoms with Crippen LogP contribution in [0.1, 0.15) is 24.0 Å². The van der Waals surface area contributed by atoms with E-state index in [2.05, 4.69) is 46.7 Å². The van der Waals surface area contributed by atoms with Crippen LogP contribution in [0.25, 0.3) is 0 Å². The number of aryl methyl sites for hydroxylation is 1. The van der Waals surface area contributed by atoms with E-state index in [1.165, 1.54) is 18.4 Å². The van der Waals surface area contributed by atoms with Gasteiger partial charge in [-0.25, -0.2) is 0 Å². The van der Waals surface area contributed by atoms with Gasteiger partial charge in [0, 0.05) is 19.1 Å². The Morgan fingerprint density at radius 1 is 1.35 bits per heavy atom. The van der Waals surface area contributed by atoms with Gasteiger partial charge in [-0.1, -0.05) is 29.8 Å². The van der Waals surface area contributed by atoms with Crippen LogP contribution in [0, 0.1) is 6.92 Å². The highest BCUT2D eigenvalue weighted by Crippen LogP contribution is 2.15. The first kappa shape index (κ1) is 15.0. The first-order valence-electron chi connectivity index (χ1n) is 7.40. The molecule has 1 heterocycles. The van der Waals surface area contributed by atoms with Crippen molar-refractivity contribution in [2.45, 2.75) is 32.4 Å². The summed E-state index contributed by atoms with van der Waals surface area (Å²) in [4.78, 5) is 14.3. The normalized spacial score (nSPS) is 19.2. The maximum absolute atomic E-state index is 12.0. The molecule has 0 aliphatic carbocycles. The van der Waals surface area contributed by atoms with Crippen molar-refractivity contribution in [3.8, 4) is 0 Å². The van der Waals surface area contributed by atoms with E-state index in [1.54, 1.807) is 0 Å². The first-order chi connectivity index (χ1) is 9.69. The van der Waals surface area contributed by atoms with Gasteiger partial charge in [0.1, 0.15) is 0 Å². The molecule has 110 valence electrons. The molecule has 1 unspecified atom stereocenters. The zero-order chi connectivity index (χ0) is 14.4. The van der Waals surface area contributed by atoms with Gasteiger partial charge in [-0.05, 0) is 38.9 Å². The van der Waals surface area contributed by atoms with Crippen molar-refractivity contribution >= 4 is 5.91 Å². The molecule has 0 radical (unpaired) electrons. The predicted molar refractivity (Wildman–Crippen MR) is 81.5 cm³/mol. The Bertz CT molecular complexity index is 430. The Morgan fingerprint density at radius 2 is 2.10 bits per heavy atom. The van der Waals surface area contributed by atoms with Crippen LogP contribution in [-0.2, 0) is 11.3 Å². The van der Waals surface area contributed by atoms with Gasteiger partial charge in [0.25, 0.3) is 0 Å². The van der Waals surface area contributed by atoms with Crippen LogP contribution in [0.15, 0.2) is 24.3 Å². The summed E-state index contributed by atoms with van der Waals surface area (Å²) in [5.74, 6) is 0.119. The van der Waals surface area contributed by atoms with Crippen molar-refractivity contribution in [3.63, 3.8) is 0 Å². The molecule has 1 atom stereocenters. The summed E-state index contributed by atoms with van der Waals surface area (Å²) in [6.07, 6.45) is 2.38. The summed E-state index contributed by atoms with van der Waals surface area (Å²) >= 11 is 0. The molecule has 1 aromatic carbocycles. The van der Waals surface area contributed by atoms with E-state index in [0.29, 0.717) is 19.1 Å². The lowest BCUT2D eigenvalue weighted by molar-refractivity contribution is -0.122. The van der Waals surface area contributed by atoms with Gasteiger partial charge in [-0.2, -0.15) is 0 Å². The highest BCUT2D eigenvalue weighted by molar-refractivity contribution is 5.78. The molecule has 1 aliphatic heterocycles. The molecule has 2 rings (SSSR count). The Labute approximate surface area is 121 Å². The Hall–Kier alpha value is -1.39. The minimum absolute atomic E-state index is 0.119. The van der Waals surface area contributed by atoms with Crippen molar-refractivity contribution in [1.29, 1.82) is 0 Å². The van der Waals surface area contributed by atoms with Crippen LogP contribution in [0.2, 0.25) is 0 Å². The lowest BCUT2D eigenvalue weighted by Gasteiger charge is -2.23. The standard InChI is InChI=1S/C16H25N3O/c1-13-5-7-14(8-6-13)10-18-16(20)12-19-9-3-4-15(19)11-17-2/h5-8,15,17H,3-4,9-12H2,1-2H3,(H,18,20). The highest BCUT2D eigenvalue weighted by atomic mass is 16.2. The minimum atomic E-state index is 0.119. The van der Waals surface area contributed by atoms with Crippen LogP contribution in [0.5, 0.6) is 0 Å². The summed E-state index contributed by atoms with van der Waals surface area (Å²) in [5, 5.41) is 6.21. The van der Waals surface area contributed by atoms with Crippen molar-refractivity contribution in [2.24, 2.45) is 0 Å². The van der Waals surface area contributed by atoms with E-state index in [-0.39, 0.29) is 5.91 Å². The molecule has 1 fully saturated rings. The van der Waals surface area contributed by atoms with Gasteiger partial charge >= 0.3 is 0 Å². The molecule has 2 N–H and O–H groups in total. The topological polar surface area (TPSA) is 44.4 Å². The third-order valence-electron chi connectivity index (χ3n) is 3.90. The molecule has 1 aliphatic rings. The Kier molecular flexibility index (Phi) is 5.56. The van der Waals surface area contributed by atoms with Crippen molar-refractivity contribution in [2.75, 3.05) is 26.7 Å². The smallest absolute Gasteiger partial charge is 0.234 e. The molecule has 1 aromatic rings. The van der Waals surface area contributed by atoms with Gasteiger partial charge in [-0.15, -0.1) is 0 Å². The number of nitrogens with one attached hydrogen (secondary N) is 2. The second-order valence-corrected chi connectivity index (χ2v) is 5.59. The van der Waals surface area contributed by atoms with E-state index < -0.39 is 0 Å². The number of likely N-dealkylation sites (tertiary alicyclic amines) is 1. The summed E-state index contributed by atoms with van der Waals surface area (Å²) < 4.78 is 0. The summed E-state index contributed by atoms with van der Waals surface area (Å²) in [6, 6.07) is 8.78. The number of hydrogen-bond acceptors (Lipinski definition) is 3. The lowest BCUT2D eigenvalue weighted by atomic mass is 10.1. The first-order valence-corrected chi connectivity index (χ1v) is 7.40. The van der Waals surface area contributed by atoms with Gasteiger partial charge in [0.2, 0.25) is 5.91 Å². The second kappa shape index (κ2) is 7.41. The maximum atomic E-state index is 12.0. The van der Waals surface area contributed by atoms with Gasteiger partial charge in [-0.3, -0.25) is 9.69 Å². The molecule has 20 heavy (non-hydrogen) atoms. The average molecular weight is 275 g/mol. The average Bonchev–Trinajstić information content (AvgIpc) is 2.86. The lowest BCUT2D eigenvalue weighted by Crippen LogP contribution is -2.43. The number of carbonyl (C=O) groups is 1. The molecular weight excluding hydrogens is 250 g/mol. The number of nitrogens with zero attached hydrogens (tertiary/aromatic N) is 1. The molecule has 1 saturated heterocycles. The molecule has 4 heteroatoms. The van der Waals surface area contributed by atoms with Crippen molar-refractivity contribution < 1.29 is 4.79 Å². The van der Waals surface area contributed by atoms with E-state index in [9.17, 15) is 4.79 Å². The van der Waals surface area contributed by atoms with Crippen LogP contribution in [0.3, 0.4) is 0 Å². The van der Waals surface area contributed by atoms with Crippen LogP contribution < -0.4 is 10.6 Å². The van der Waals surface area contributed by atoms with Gasteiger partial charge < -0.3 is 10.6 Å². The number of rotatable bonds is 6. The second-order valence-electron chi connectivity index (χ2n) is 5.59. The number of hydrogen-bond donors (Lipinski definition) is 2. The fourth-order valence-corrected chi connectivity index (χ4v) is 2.72. The van der Waals surface area contributed by atoms with E-state index in [1.807, 2.05) is 7.05 Å². The van der Waals surface area contributed by atoms with Crippen molar-refractivity contribution in [1.82, 2.24) is 15.5 Å². The number of amides is 1. The van der Waals surface area contributed by atoms with Crippen LogP contribution in [0.4, 0.5) is 0 Å². The SMILES string of the molecule is CNCC1CCCN1CC(=O)NCc1ccc(C)cc1. The predicted octanol–water partition coefficient (Wildman–Crippen LogP) is 1.30. The Balaban J connectivity index is 1.76. The molecule has 0 spiro atoms. The van der Waals surface area contributed by atoms with E-state index in [0.717, 1.165) is 18.7 Å². The summed E-state index contributed by atoms with van der Waals surface area (Å²) in [7, 11) is 1.97. The number of likely N-dealkylation sites (N-methyl/N-ethyl adjacent to an activating group) is 1.